The van der Waals surface area contributed by atoms with E-state index in [2.05, 4.69) is 0 Å². The van der Waals surface area contributed by atoms with Crippen LogP contribution < -0.4 is 0 Å². The third-order valence-electron chi connectivity index (χ3n) is 1.24. The van der Waals surface area contributed by atoms with Gasteiger partial charge in [0, 0.05) is 35.8 Å². The van der Waals surface area contributed by atoms with E-state index in [1.165, 1.54) is 20.8 Å². The summed E-state index contributed by atoms with van der Waals surface area (Å²) in [5.41, 5.74) is 0. The maximum Gasteiger partial charge on any atom is 0.325 e. The van der Waals surface area contributed by atoms with Crippen LogP contribution in [0.15, 0.2) is 0 Å². The van der Waals surface area contributed by atoms with E-state index in [4.69, 9.17) is 29.4 Å². The van der Waals surface area contributed by atoms with Crippen LogP contribution in [0.1, 0.15) is 20.8 Å². The van der Waals surface area contributed by atoms with Crippen molar-refractivity contribution in [3.8, 4) is 0 Å². The highest BCUT2D eigenvalue weighted by atomic mass is 31.2. The van der Waals surface area contributed by atoms with E-state index in [0.717, 1.165) is 0 Å². The summed E-state index contributed by atoms with van der Waals surface area (Å²) < 4.78 is 29.1. The monoisotopic (exact) mass is 357 g/mol. The first kappa shape index (κ1) is 28.2. The first-order valence-corrected chi connectivity index (χ1v) is 10.2. The average molecular weight is 357 g/mol. The summed E-state index contributed by atoms with van der Waals surface area (Å²) in [6.07, 6.45) is -0.188. The van der Waals surface area contributed by atoms with Gasteiger partial charge in [0.1, 0.15) is 0 Å². The minimum absolute atomic E-state index is 0. The highest BCUT2D eigenvalue weighted by molar-refractivity contribution is 7.52. The fourth-order valence-electron chi connectivity index (χ4n) is 0. The van der Waals surface area contributed by atoms with Crippen LogP contribution >= 0.6 is 22.8 Å². The number of rotatable bonds is 3. The molecule has 0 aliphatic carbocycles. The Morgan fingerprint density at radius 3 is 0.632 bits per heavy atom. The largest absolute Gasteiger partial charge is 0.325 e. The molecule has 9 nitrogen and oxygen atoms in total. The predicted molar refractivity (Wildman–Crippen MR) is 73.5 cm³/mol. The Bertz CT molecular complexity index is 277. The zero-order chi connectivity index (χ0) is 15.6. The first-order chi connectivity index (χ1) is 7.68. The molecule has 0 bridgehead atoms. The Morgan fingerprint density at radius 1 is 0.579 bits per heavy atom. The smallest absolute Gasteiger partial charge is 0.324 e. The average Bonchev–Trinajstić information content (AvgIpc) is 2.16. The van der Waals surface area contributed by atoms with E-state index >= 15 is 0 Å². The topological polar surface area (TPSA) is 173 Å². The fourth-order valence-corrected chi connectivity index (χ4v) is 0. The molecule has 0 aliphatic rings. The first-order valence-electron chi connectivity index (χ1n) is 4.82. The maximum absolute atomic E-state index is 9.69. The van der Waals surface area contributed by atoms with Crippen molar-refractivity contribution in [2.75, 3.05) is 18.5 Å². The van der Waals surface area contributed by atoms with Gasteiger partial charge in [0.25, 0.3) is 0 Å². The van der Waals surface area contributed by atoms with Gasteiger partial charge in [-0.1, -0.05) is 20.8 Å². The lowest BCUT2D eigenvalue weighted by Crippen LogP contribution is -1.76. The van der Waals surface area contributed by atoms with Crippen LogP contribution in [0.5, 0.6) is 0 Å². The van der Waals surface area contributed by atoms with Crippen LogP contribution in [0.25, 0.3) is 0 Å². The molecule has 0 aromatic heterocycles. The molecule has 0 fully saturated rings. The molecule has 3 radical (unpaired) electrons. The van der Waals surface area contributed by atoms with Gasteiger partial charge in [-0.15, -0.1) is 0 Å². The standard InChI is InChI=1S/3C2H7O3P.Al/c3*1-2-6(3,4)5;/h3*2H2,1H3,(H2,3,4,5);. The van der Waals surface area contributed by atoms with E-state index in [0.29, 0.717) is 0 Å². The van der Waals surface area contributed by atoms with Crippen LogP contribution in [0, 0.1) is 0 Å². The molecule has 0 aromatic carbocycles. The molecule has 0 amide bonds. The SMILES string of the molecule is CCP(=O)(O)O.CCP(=O)(O)O.CCP(=O)(O)O.[Al]. The van der Waals surface area contributed by atoms with E-state index in [-0.39, 0.29) is 35.8 Å². The lowest BCUT2D eigenvalue weighted by Gasteiger charge is -1.92. The van der Waals surface area contributed by atoms with Gasteiger partial charge in [0.15, 0.2) is 0 Å². The van der Waals surface area contributed by atoms with Crippen LogP contribution in [0.4, 0.5) is 0 Å². The molecular weight excluding hydrogens is 336 g/mol. The Morgan fingerprint density at radius 2 is 0.632 bits per heavy atom. The van der Waals surface area contributed by atoms with Crippen molar-refractivity contribution in [3.63, 3.8) is 0 Å². The summed E-state index contributed by atoms with van der Waals surface area (Å²) in [5, 5.41) is 0. The Kier molecular flexibility index (Phi) is 18.8. The van der Waals surface area contributed by atoms with Gasteiger partial charge in [0.05, 0.1) is 0 Å². The quantitative estimate of drug-likeness (QED) is 0.304. The Hall–Kier alpha value is 0.982. The molecule has 6 N–H and O–H groups in total. The lowest BCUT2D eigenvalue weighted by atomic mass is 11.0. The molecule has 19 heavy (non-hydrogen) atoms. The third-order valence-corrected chi connectivity index (χ3v) is 3.71. The summed E-state index contributed by atoms with van der Waals surface area (Å²) in [4.78, 5) is 47.6. The molecule has 0 unspecified atom stereocenters. The van der Waals surface area contributed by atoms with Gasteiger partial charge in [-0.05, 0) is 0 Å². The Labute approximate surface area is 123 Å². The molecular formula is C6H21AlO9P3. The normalized spacial score (nSPS) is 11.2. The Balaban J connectivity index is -0.0000000865. The number of hydrogen-bond acceptors (Lipinski definition) is 3. The van der Waals surface area contributed by atoms with E-state index in [9.17, 15) is 13.7 Å². The van der Waals surface area contributed by atoms with Crippen molar-refractivity contribution >= 4 is 40.1 Å². The lowest BCUT2D eigenvalue weighted by molar-refractivity contribution is 0.372. The fraction of sp³-hybridized carbons (Fsp3) is 1.00. The molecule has 0 spiro atoms. The summed E-state index contributed by atoms with van der Waals surface area (Å²) in [6.45, 7) is 4.34. The van der Waals surface area contributed by atoms with Crippen LogP contribution in [-0.4, -0.2) is 65.2 Å². The molecule has 0 saturated heterocycles. The van der Waals surface area contributed by atoms with Crippen molar-refractivity contribution < 1.29 is 43.1 Å². The summed E-state index contributed by atoms with van der Waals surface area (Å²) in [7, 11) is -10.9. The molecule has 0 aromatic rings. The van der Waals surface area contributed by atoms with Crippen molar-refractivity contribution in [3.05, 3.63) is 0 Å². The van der Waals surface area contributed by atoms with Gasteiger partial charge < -0.3 is 29.4 Å². The molecule has 0 heterocycles. The zero-order valence-electron chi connectivity index (χ0n) is 10.9. The highest BCUT2D eigenvalue weighted by Gasteiger charge is 2.06. The molecule has 0 atom stereocenters. The zero-order valence-corrected chi connectivity index (χ0v) is 14.8. The summed E-state index contributed by atoms with van der Waals surface area (Å²) in [5.74, 6) is 0. The van der Waals surface area contributed by atoms with Gasteiger partial charge in [0.2, 0.25) is 0 Å². The van der Waals surface area contributed by atoms with Gasteiger partial charge in [-0.2, -0.15) is 0 Å². The molecule has 0 aliphatic heterocycles. The van der Waals surface area contributed by atoms with E-state index in [1.54, 1.807) is 0 Å². The van der Waals surface area contributed by atoms with Gasteiger partial charge in [-0.25, -0.2) is 0 Å². The maximum atomic E-state index is 9.69. The van der Waals surface area contributed by atoms with Crippen LogP contribution in [0.3, 0.4) is 0 Å². The number of hydrogen-bond donors (Lipinski definition) is 6. The van der Waals surface area contributed by atoms with Gasteiger partial charge in [-0.3, -0.25) is 13.7 Å². The molecule has 13 heteroatoms. The van der Waals surface area contributed by atoms with Crippen molar-refractivity contribution in [2.45, 2.75) is 20.8 Å². The third kappa shape index (κ3) is 54.9. The predicted octanol–water partition coefficient (Wildman–Crippen LogP) is 0.171. The minimum atomic E-state index is -3.65. The van der Waals surface area contributed by atoms with Crippen molar-refractivity contribution in [1.82, 2.24) is 0 Å². The highest BCUT2D eigenvalue weighted by Crippen LogP contribution is 2.33. The van der Waals surface area contributed by atoms with Crippen molar-refractivity contribution in [1.29, 1.82) is 0 Å². The van der Waals surface area contributed by atoms with E-state index < -0.39 is 22.8 Å². The van der Waals surface area contributed by atoms with Crippen molar-refractivity contribution in [2.24, 2.45) is 0 Å². The summed E-state index contributed by atoms with van der Waals surface area (Å²) >= 11 is 0. The second-order valence-electron chi connectivity index (χ2n) is 2.94. The molecule has 117 valence electrons. The van der Waals surface area contributed by atoms with E-state index in [1.807, 2.05) is 0 Å². The van der Waals surface area contributed by atoms with Crippen LogP contribution in [0.2, 0.25) is 0 Å². The minimum Gasteiger partial charge on any atom is -0.324 e. The van der Waals surface area contributed by atoms with Gasteiger partial charge >= 0.3 is 22.8 Å². The van der Waals surface area contributed by atoms with Crippen LogP contribution in [-0.2, 0) is 13.7 Å². The molecule has 0 saturated carbocycles. The molecule has 0 rings (SSSR count). The second kappa shape index (κ2) is 12.7. The summed E-state index contributed by atoms with van der Waals surface area (Å²) in [6, 6.07) is 0. The second-order valence-corrected chi connectivity index (χ2v) is 8.83.